The van der Waals surface area contributed by atoms with E-state index in [1.54, 1.807) is 0 Å². The molecule has 1 aliphatic carbocycles. The van der Waals surface area contributed by atoms with Gasteiger partial charge in [0, 0.05) is 0 Å². The summed E-state index contributed by atoms with van der Waals surface area (Å²) >= 11 is 0. The Morgan fingerprint density at radius 1 is 1.29 bits per heavy atom. The van der Waals surface area contributed by atoms with Gasteiger partial charge in [-0.1, -0.05) is 18.2 Å². The van der Waals surface area contributed by atoms with Gasteiger partial charge in [0.15, 0.2) is 12.0 Å². The zero-order valence-corrected chi connectivity index (χ0v) is 7.60. The molecule has 2 rings (SSSR count). The maximum Gasteiger partial charge on any atom is 0.201 e. The molecular formula is C11H10O3. The van der Waals surface area contributed by atoms with E-state index in [-0.39, 0.29) is 5.76 Å². The lowest BCUT2D eigenvalue weighted by molar-refractivity contribution is -0.107. The lowest BCUT2D eigenvalue weighted by atomic mass is 10.0. The average Bonchev–Trinajstić information content (AvgIpc) is 2.30. The second-order valence-electron chi connectivity index (χ2n) is 3.01. The first-order chi connectivity index (χ1) is 6.90. The Morgan fingerprint density at radius 3 is 2.79 bits per heavy atom. The Labute approximate surface area is 82.0 Å². The van der Waals surface area contributed by atoms with E-state index >= 15 is 0 Å². The lowest BCUT2D eigenvalue weighted by Gasteiger charge is -2.15. The normalized spacial score (nSPS) is 19.9. The van der Waals surface area contributed by atoms with Crippen molar-refractivity contribution in [1.29, 1.82) is 0 Å². The Morgan fingerprint density at radius 2 is 2.21 bits per heavy atom. The molecule has 0 radical (unpaired) electrons. The number of ether oxygens (including phenoxy) is 2. The van der Waals surface area contributed by atoms with E-state index in [0.29, 0.717) is 12.0 Å². The van der Waals surface area contributed by atoms with Gasteiger partial charge >= 0.3 is 0 Å². The van der Waals surface area contributed by atoms with Crippen LogP contribution in [-0.4, -0.2) is 6.29 Å². The maximum absolute atomic E-state index is 10.3. The highest BCUT2D eigenvalue weighted by Gasteiger charge is 2.12. The molecule has 0 spiro atoms. The summed E-state index contributed by atoms with van der Waals surface area (Å²) in [5.74, 6) is 0.876. The molecule has 72 valence electrons. The van der Waals surface area contributed by atoms with Crippen LogP contribution < -0.4 is 0 Å². The van der Waals surface area contributed by atoms with Gasteiger partial charge in [-0.25, -0.2) is 0 Å². The van der Waals surface area contributed by atoms with Gasteiger partial charge in [-0.05, 0) is 18.4 Å². The molecule has 3 heteroatoms. The van der Waals surface area contributed by atoms with E-state index in [9.17, 15) is 4.79 Å². The van der Waals surface area contributed by atoms with Crippen molar-refractivity contribution >= 4 is 6.29 Å². The number of rotatable bonds is 2. The number of carbonyl (C=O) groups is 1. The van der Waals surface area contributed by atoms with Crippen molar-refractivity contribution in [1.82, 2.24) is 0 Å². The fourth-order valence-electron chi connectivity index (χ4n) is 1.31. The molecule has 0 N–H and O–H groups in total. The highest BCUT2D eigenvalue weighted by molar-refractivity contribution is 5.70. The van der Waals surface area contributed by atoms with Gasteiger partial charge in [-0.15, -0.1) is 0 Å². The Balaban J connectivity index is 2.08. The summed E-state index contributed by atoms with van der Waals surface area (Å²) in [4.78, 5) is 10.3. The number of hydrogen-bond donors (Lipinski definition) is 0. The van der Waals surface area contributed by atoms with Crippen LogP contribution in [0, 0.1) is 0 Å². The van der Waals surface area contributed by atoms with Crippen LogP contribution >= 0.6 is 0 Å². The van der Waals surface area contributed by atoms with Gasteiger partial charge in [-0.3, -0.25) is 4.79 Å². The van der Waals surface area contributed by atoms with Crippen molar-refractivity contribution < 1.29 is 14.3 Å². The van der Waals surface area contributed by atoms with Crippen LogP contribution in [0.4, 0.5) is 0 Å². The molecule has 1 aliphatic heterocycles. The van der Waals surface area contributed by atoms with Crippen molar-refractivity contribution in [2.24, 2.45) is 0 Å². The first-order valence-corrected chi connectivity index (χ1v) is 4.45. The zero-order valence-electron chi connectivity index (χ0n) is 7.60. The standard InChI is InChI=1S/C11H10O3/c12-6-10-7-14-11(8-13-10)9-4-2-1-3-5-9/h1-2,4,6-8H,3,5H2. The number of allylic oxidation sites excluding steroid dienone is 5. The van der Waals surface area contributed by atoms with Crippen molar-refractivity contribution in [2.45, 2.75) is 12.8 Å². The van der Waals surface area contributed by atoms with Crippen LogP contribution in [0.25, 0.3) is 0 Å². The molecule has 3 nitrogen and oxygen atoms in total. The van der Waals surface area contributed by atoms with E-state index in [4.69, 9.17) is 9.47 Å². The summed E-state index contributed by atoms with van der Waals surface area (Å²) in [7, 11) is 0. The van der Waals surface area contributed by atoms with Crippen molar-refractivity contribution in [3.8, 4) is 0 Å². The third-order valence-electron chi connectivity index (χ3n) is 2.05. The molecule has 0 unspecified atom stereocenters. The Hall–Kier alpha value is -1.77. The summed E-state index contributed by atoms with van der Waals surface area (Å²) in [5, 5.41) is 0. The molecular weight excluding hydrogens is 180 g/mol. The first kappa shape index (κ1) is 8.81. The van der Waals surface area contributed by atoms with Gasteiger partial charge in [0.25, 0.3) is 0 Å². The van der Waals surface area contributed by atoms with Gasteiger partial charge in [0.1, 0.15) is 12.5 Å². The fraction of sp³-hybridized carbons (Fsp3) is 0.182. The zero-order chi connectivity index (χ0) is 9.80. The summed E-state index contributed by atoms with van der Waals surface area (Å²) in [5.41, 5.74) is 1.09. The van der Waals surface area contributed by atoms with Crippen molar-refractivity contribution in [3.63, 3.8) is 0 Å². The summed E-state index contributed by atoms with van der Waals surface area (Å²) < 4.78 is 10.3. The Kier molecular flexibility index (Phi) is 2.49. The van der Waals surface area contributed by atoms with Crippen LogP contribution in [0.1, 0.15) is 12.8 Å². The topological polar surface area (TPSA) is 35.5 Å². The van der Waals surface area contributed by atoms with Crippen LogP contribution in [0.15, 0.2) is 47.8 Å². The molecule has 0 aromatic carbocycles. The summed E-state index contributed by atoms with van der Waals surface area (Å²) in [6.45, 7) is 0. The second kappa shape index (κ2) is 3.96. The third-order valence-corrected chi connectivity index (χ3v) is 2.05. The maximum atomic E-state index is 10.3. The molecule has 0 saturated heterocycles. The highest BCUT2D eigenvalue weighted by atomic mass is 16.5. The van der Waals surface area contributed by atoms with Gasteiger partial charge in [-0.2, -0.15) is 0 Å². The minimum absolute atomic E-state index is 0.195. The van der Waals surface area contributed by atoms with Gasteiger partial charge in [0.2, 0.25) is 5.76 Å². The van der Waals surface area contributed by atoms with Gasteiger partial charge in [0.05, 0.1) is 0 Å². The molecule has 1 heterocycles. The molecule has 0 amide bonds. The smallest absolute Gasteiger partial charge is 0.201 e. The second-order valence-corrected chi connectivity index (χ2v) is 3.01. The van der Waals surface area contributed by atoms with E-state index in [0.717, 1.165) is 18.4 Å². The lowest BCUT2D eigenvalue weighted by Crippen LogP contribution is -2.02. The third kappa shape index (κ3) is 1.76. The summed E-state index contributed by atoms with van der Waals surface area (Å²) in [6.07, 6.45) is 11.4. The molecule has 0 bridgehead atoms. The van der Waals surface area contributed by atoms with E-state index in [2.05, 4.69) is 6.08 Å². The highest BCUT2D eigenvalue weighted by Crippen LogP contribution is 2.24. The van der Waals surface area contributed by atoms with Crippen molar-refractivity contribution in [3.05, 3.63) is 47.8 Å². The molecule has 2 aliphatic rings. The number of carbonyl (C=O) groups excluding carboxylic acids is 1. The monoisotopic (exact) mass is 190 g/mol. The molecule has 14 heavy (non-hydrogen) atoms. The minimum Gasteiger partial charge on any atom is -0.457 e. The fourth-order valence-corrected chi connectivity index (χ4v) is 1.31. The predicted octanol–water partition coefficient (Wildman–Crippen LogP) is 2.19. The van der Waals surface area contributed by atoms with E-state index in [1.807, 2.05) is 12.2 Å². The predicted molar refractivity (Wildman–Crippen MR) is 50.9 cm³/mol. The van der Waals surface area contributed by atoms with Crippen LogP contribution in [0.2, 0.25) is 0 Å². The van der Waals surface area contributed by atoms with E-state index < -0.39 is 0 Å². The molecule has 0 aromatic rings. The van der Waals surface area contributed by atoms with Crippen LogP contribution in [0.5, 0.6) is 0 Å². The van der Waals surface area contributed by atoms with E-state index in [1.165, 1.54) is 12.5 Å². The largest absolute Gasteiger partial charge is 0.457 e. The molecule has 0 aromatic heterocycles. The number of hydrogen-bond acceptors (Lipinski definition) is 3. The first-order valence-electron chi connectivity index (χ1n) is 4.45. The Bertz CT molecular complexity index is 359. The molecule has 0 atom stereocenters. The van der Waals surface area contributed by atoms with Gasteiger partial charge < -0.3 is 9.47 Å². The molecule has 0 fully saturated rings. The SMILES string of the molecule is O=CC1=COC(C2=CC=CCC2)=CO1. The summed E-state index contributed by atoms with van der Waals surface area (Å²) in [6, 6.07) is 0. The van der Waals surface area contributed by atoms with Crippen LogP contribution in [0.3, 0.4) is 0 Å². The minimum atomic E-state index is 0.195. The quantitative estimate of drug-likeness (QED) is 0.626. The van der Waals surface area contributed by atoms with Crippen molar-refractivity contribution in [2.75, 3.05) is 0 Å². The molecule has 0 saturated carbocycles. The van der Waals surface area contributed by atoms with Crippen LogP contribution in [-0.2, 0) is 14.3 Å². The average molecular weight is 190 g/mol. The number of aldehydes is 1.